The smallest absolute Gasteiger partial charge is 0.178 e. The molecule has 2 aliphatic rings. The first-order valence-corrected chi connectivity index (χ1v) is 8.39. The lowest BCUT2D eigenvalue weighted by atomic mass is 10.00. The molecule has 1 atom stereocenters. The lowest BCUT2D eigenvalue weighted by Crippen LogP contribution is -2.49. The average molecular weight is 314 g/mol. The zero-order chi connectivity index (χ0) is 15.6. The maximum Gasteiger partial charge on any atom is 0.178 e. The number of fused-ring (bicyclic) bond motifs is 1. The van der Waals surface area contributed by atoms with Crippen LogP contribution < -0.4 is 0 Å². The molecule has 0 saturated carbocycles. The fourth-order valence-electron chi connectivity index (χ4n) is 3.69. The first-order valence-electron chi connectivity index (χ1n) is 8.39. The third-order valence-corrected chi connectivity index (χ3v) is 4.86. The van der Waals surface area contributed by atoms with Gasteiger partial charge in [0.2, 0.25) is 0 Å². The van der Waals surface area contributed by atoms with Crippen LogP contribution in [0.25, 0.3) is 10.9 Å². The third kappa shape index (κ3) is 2.92. The van der Waals surface area contributed by atoms with Gasteiger partial charge in [-0.05, 0) is 25.5 Å². The van der Waals surface area contributed by atoms with E-state index in [4.69, 9.17) is 9.47 Å². The molecule has 23 heavy (non-hydrogen) atoms. The molecule has 0 spiro atoms. The molecule has 4 rings (SSSR count). The molecule has 1 aromatic carbocycles. The van der Waals surface area contributed by atoms with Gasteiger partial charge < -0.3 is 14.5 Å². The summed E-state index contributed by atoms with van der Waals surface area (Å²) in [6.45, 7) is 2.68. The molecule has 1 unspecified atom stereocenters. The van der Waals surface area contributed by atoms with E-state index in [-0.39, 0.29) is 18.1 Å². The predicted molar refractivity (Wildman–Crippen MR) is 87.5 cm³/mol. The number of nitrogens with one attached hydrogen (secondary N) is 1. The number of ether oxygens (including phenoxy) is 2. The van der Waals surface area contributed by atoms with Gasteiger partial charge in [0.25, 0.3) is 0 Å². The van der Waals surface area contributed by atoms with Crippen LogP contribution in [0.3, 0.4) is 0 Å². The quantitative estimate of drug-likeness (QED) is 0.881. The van der Waals surface area contributed by atoms with Crippen molar-refractivity contribution in [3.63, 3.8) is 0 Å². The summed E-state index contributed by atoms with van der Waals surface area (Å²) >= 11 is 0. The molecule has 2 aromatic rings. The minimum Gasteiger partial charge on any atom is -0.360 e. The molecule has 5 heteroatoms. The van der Waals surface area contributed by atoms with Crippen molar-refractivity contribution in [3.8, 4) is 0 Å². The lowest BCUT2D eigenvalue weighted by molar-refractivity contribution is -0.107. The number of rotatable bonds is 4. The number of benzene rings is 1. The summed E-state index contributed by atoms with van der Waals surface area (Å²) in [5, 5.41) is 0.999. The van der Waals surface area contributed by atoms with Crippen molar-refractivity contribution in [1.82, 2.24) is 9.88 Å². The number of carbonyl (C=O) groups is 1. The Balaban J connectivity index is 1.52. The van der Waals surface area contributed by atoms with Crippen molar-refractivity contribution in [2.45, 2.75) is 31.6 Å². The Morgan fingerprint density at radius 1 is 1.22 bits per heavy atom. The van der Waals surface area contributed by atoms with Gasteiger partial charge in [0.15, 0.2) is 12.1 Å². The Morgan fingerprint density at radius 2 is 2.04 bits per heavy atom. The lowest BCUT2D eigenvalue weighted by Gasteiger charge is -2.37. The number of aromatic amines is 1. The standard InChI is InChI=1S/C18H22N2O3/c21-17(14-11-19-15-6-2-1-5-13(14)15)12-20-8-4-3-7-16(20)18-22-9-10-23-18/h1-2,5-6,11,16,18-19H,3-4,7-10,12H2. The second-order valence-electron chi connectivity index (χ2n) is 6.31. The predicted octanol–water partition coefficient (Wildman–Crippen LogP) is 2.58. The van der Waals surface area contributed by atoms with Crippen molar-refractivity contribution in [1.29, 1.82) is 0 Å². The van der Waals surface area contributed by atoms with Crippen LogP contribution >= 0.6 is 0 Å². The number of piperidine rings is 1. The van der Waals surface area contributed by atoms with Crippen LogP contribution in [0.4, 0.5) is 0 Å². The van der Waals surface area contributed by atoms with Gasteiger partial charge in [-0.3, -0.25) is 9.69 Å². The van der Waals surface area contributed by atoms with Gasteiger partial charge in [-0.1, -0.05) is 24.6 Å². The van der Waals surface area contributed by atoms with Crippen molar-refractivity contribution in [2.24, 2.45) is 0 Å². The first kappa shape index (κ1) is 14.9. The molecule has 2 saturated heterocycles. The number of aromatic nitrogens is 1. The number of ketones is 1. The van der Waals surface area contributed by atoms with Crippen LogP contribution in [-0.2, 0) is 9.47 Å². The van der Waals surface area contributed by atoms with Crippen LogP contribution in [0.15, 0.2) is 30.5 Å². The van der Waals surface area contributed by atoms with E-state index in [1.807, 2.05) is 30.5 Å². The van der Waals surface area contributed by atoms with E-state index < -0.39 is 0 Å². The van der Waals surface area contributed by atoms with Crippen LogP contribution in [0.5, 0.6) is 0 Å². The monoisotopic (exact) mass is 314 g/mol. The number of likely N-dealkylation sites (tertiary alicyclic amines) is 1. The Morgan fingerprint density at radius 3 is 2.91 bits per heavy atom. The van der Waals surface area contributed by atoms with E-state index in [2.05, 4.69) is 9.88 Å². The van der Waals surface area contributed by atoms with Gasteiger partial charge in [-0.2, -0.15) is 0 Å². The number of para-hydroxylation sites is 1. The van der Waals surface area contributed by atoms with E-state index in [1.165, 1.54) is 6.42 Å². The molecule has 3 heterocycles. The summed E-state index contributed by atoms with van der Waals surface area (Å²) in [6, 6.07) is 8.13. The van der Waals surface area contributed by atoms with Gasteiger partial charge in [0.1, 0.15) is 0 Å². The molecule has 122 valence electrons. The average Bonchev–Trinajstić information content (AvgIpc) is 3.25. The molecule has 0 radical (unpaired) electrons. The molecule has 2 fully saturated rings. The Hall–Kier alpha value is -1.69. The van der Waals surface area contributed by atoms with Crippen molar-refractivity contribution < 1.29 is 14.3 Å². The van der Waals surface area contributed by atoms with Crippen molar-refractivity contribution in [2.75, 3.05) is 26.3 Å². The second kappa shape index (κ2) is 6.43. The summed E-state index contributed by atoms with van der Waals surface area (Å²) in [4.78, 5) is 18.2. The first-order chi connectivity index (χ1) is 11.3. The van der Waals surface area contributed by atoms with Gasteiger partial charge in [-0.25, -0.2) is 0 Å². The maximum absolute atomic E-state index is 12.8. The normalized spacial score (nSPS) is 23.6. The number of H-pyrrole nitrogens is 1. The highest BCUT2D eigenvalue weighted by molar-refractivity contribution is 6.08. The van der Waals surface area contributed by atoms with Gasteiger partial charge in [0.05, 0.1) is 25.8 Å². The molecule has 1 aromatic heterocycles. The topological polar surface area (TPSA) is 54.6 Å². The number of hydrogen-bond donors (Lipinski definition) is 1. The minimum absolute atomic E-state index is 0.160. The summed E-state index contributed by atoms with van der Waals surface area (Å²) in [6.07, 6.45) is 4.99. The molecule has 1 N–H and O–H groups in total. The fourth-order valence-corrected chi connectivity index (χ4v) is 3.69. The molecular weight excluding hydrogens is 292 g/mol. The Labute approximate surface area is 135 Å². The van der Waals surface area contributed by atoms with Crippen LogP contribution in [0, 0.1) is 0 Å². The van der Waals surface area contributed by atoms with Crippen LogP contribution in [-0.4, -0.2) is 54.3 Å². The van der Waals surface area contributed by atoms with Crippen LogP contribution in [0.2, 0.25) is 0 Å². The summed E-state index contributed by atoms with van der Waals surface area (Å²) in [5.74, 6) is 0.160. The van der Waals surface area contributed by atoms with Gasteiger partial charge in [-0.15, -0.1) is 0 Å². The maximum atomic E-state index is 12.8. The highest BCUT2D eigenvalue weighted by Crippen LogP contribution is 2.25. The summed E-state index contributed by atoms with van der Waals surface area (Å²) < 4.78 is 11.4. The van der Waals surface area contributed by atoms with E-state index in [0.29, 0.717) is 19.8 Å². The summed E-state index contributed by atoms with van der Waals surface area (Å²) in [5.41, 5.74) is 1.78. The zero-order valence-electron chi connectivity index (χ0n) is 13.2. The number of Topliss-reactive ketones (excluding diaryl/α,β-unsaturated/α-hetero) is 1. The highest BCUT2D eigenvalue weighted by Gasteiger charge is 2.34. The van der Waals surface area contributed by atoms with Crippen LogP contribution in [0.1, 0.15) is 29.6 Å². The zero-order valence-corrected chi connectivity index (χ0v) is 13.2. The minimum atomic E-state index is -0.175. The van der Waals surface area contributed by atoms with E-state index in [0.717, 1.165) is 35.9 Å². The van der Waals surface area contributed by atoms with Crippen molar-refractivity contribution >= 4 is 16.7 Å². The van der Waals surface area contributed by atoms with E-state index >= 15 is 0 Å². The van der Waals surface area contributed by atoms with E-state index in [9.17, 15) is 4.79 Å². The fraction of sp³-hybridized carbons (Fsp3) is 0.500. The SMILES string of the molecule is O=C(CN1CCCCC1C1OCCO1)c1c[nH]c2ccccc12. The molecular formula is C18H22N2O3. The largest absolute Gasteiger partial charge is 0.360 e. The highest BCUT2D eigenvalue weighted by atomic mass is 16.7. The molecule has 0 aliphatic carbocycles. The Kier molecular flexibility index (Phi) is 4.16. The third-order valence-electron chi connectivity index (χ3n) is 4.86. The van der Waals surface area contributed by atoms with Crippen molar-refractivity contribution in [3.05, 3.63) is 36.0 Å². The van der Waals surface area contributed by atoms with Gasteiger partial charge >= 0.3 is 0 Å². The number of nitrogens with zero attached hydrogens (tertiary/aromatic N) is 1. The number of hydrogen-bond acceptors (Lipinski definition) is 4. The summed E-state index contributed by atoms with van der Waals surface area (Å²) in [7, 11) is 0. The van der Waals surface area contributed by atoms with Gasteiger partial charge in [0, 0.05) is 22.7 Å². The molecule has 2 aliphatic heterocycles. The molecule has 5 nitrogen and oxygen atoms in total. The van der Waals surface area contributed by atoms with E-state index in [1.54, 1.807) is 0 Å². The second-order valence-corrected chi connectivity index (χ2v) is 6.31. The Bertz CT molecular complexity index is 690. The number of carbonyl (C=O) groups excluding carboxylic acids is 1. The molecule has 0 amide bonds. The molecule has 0 bridgehead atoms.